The molecular formula is C18H29NO. The number of unbranched alkanes of at least 4 members (excludes halogenated alkanes) is 7. The van der Waals surface area contributed by atoms with Crippen molar-refractivity contribution < 1.29 is 4.79 Å². The Labute approximate surface area is 123 Å². The molecule has 0 spiro atoms. The minimum atomic E-state index is 0.237. The highest BCUT2D eigenvalue weighted by Gasteiger charge is 2.09. The van der Waals surface area contributed by atoms with E-state index in [0.717, 1.165) is 17.5 Å². The summed E-state index contributed by atoms with van der Waals surface area (Å²) in [5.74, 6) is 0.237. The van der Waals surface area contributed by atoms with E-state index in [1.54, 1.807) is 0 Å². The summed E-state index contributed by atoms with van der Waals surface area (Å²) in [5, 5.41) is 0. The number of nitrogens with two attached hydrogens (primary N) is 1. The maximum absolute atomic E-state index is 12.1. The largest absolute Gasteiger partial charge is 0.398 e. The third kappa shape index (κ3) is 5.77. The van der Waals surface area contributed by atoms with Crippen molar-refractivity contribution in [3.8, 4) is 0 Å². The first kappa shape index (κ1) is 16.7. The van der Waals surface area contributed by atoms with Crippen LogP contribution in [0.1, 0.15) is 80.6 Å². The predicted molar refractivity (Wildman–Crippen MR) is 87.1 cm³/mol. The van der Waals surface area contributed by atoms with Gasteiger partial charge in [-0.15, -0.1) is 0 Å². The molecule has 0 aromatic heterocycles. The van der Waals surface area contributed by atoms with Crippen LogP contribution in [0.5, 0.6) is 0 Å². The SMILES string of the molecule is CCCCCCCCCCC(=O)c1cccc(N)c1C. The van der Waals surface area contributed by atoms with E-state index in [2.05, 4.69) is 6.92 Å². The molecular weight excluding hydrogens is 246 g/mol. The first-order valence-electron chi connectivity index (χ1n) is 8.05. The van der Waals surface area contributed by atoms with E-state index in [1.807, 2.05) is 25.1 Å². The average molecular weight is 275 g/mol. The first-order valence-corrected chi connectivity index (χ1v) is 8.05. The van der Waals surface area contributed by atoms with Crippen molar-refractivity contribution in [2.24, 2.45) is 0 Å². The third-order valence-corrected chi connectivity index (χ3v) is 3.93. The number of anilines is 1. The maximum atomic E-state index is 12.1. The fourth-order valence-electron chi connectivity index (χ4n) is 2.51. The van der Waals surface area contributed by atoms with Crippen molar-refractivity contribution in [2.45, 2.75) is 71.6 Å². The normalized spacial score (nSPS) is 10.7. The summed E-state index contributed by atoms with van der Waals surface area (Å²) in [7, 11) is 0. The highest BCUT2D eigenvalue weighted by molar-refractivity contribution is 5.98. The molecule has 0 atom stereocenters. The van der Waals surface area contributed by atoms with E-state index in [1.165, 1.54) is 44.9 Å². The number of Topliss-reactive ketones (excluding diaryl/α,β-unsaturated/α-hetero) is 1. The number of carbonyl (C=O) groups excluding carboxylic acids is 1. The number of benzene rings is 1. The molecule has 1 aromatic carbocycles. The van der Waals surface area contributed by atoms with Gasteiger partial charge in [0.1, 0.15) is 0 Å². The number of hydrogen-bond acceptors (Lipinski definition) is 2. The molecule has 0 amide bonds. The molecule has 0 aliphatic carbocycles. The van der Waals surface area contributed by atoms with Crippen molar-refractivity contribution in [3.05, 3.63) is 29.3 Å². The minimum Gasteiger partial charge on any atom is -0.398 e. The van der Waals surface area contributed by atoms with Gasteiger partial charge in [-0.3, -0.25) is 4.79 Å². The Morgan fingerprint density at radius 1 is 1.00 bits per heavy atom. The molecule has 1 rings (SSSR count). The lowest BCUT2D eigenvalue weighted by Gasteiger charge is -2.07. The zero-order chi connectivity index (χ0) is 14.8. The number of rotatable bonds is 10. The third-order valence-electron chi connectivity index (χ3n) is 3.93. The molecule has 0 aliphatic rings. The molecule has 2 heteroatoms. The van der Waals surface area contributed by atoms with E-state index in [4.69, 9.17) is 5.73 Å². The summed E-state index contributed by atoms with van der Waals surface area (Å²) in [6.07, 6.45) is 10.7. The van der Waals surface area contributed by atoms with Crippen LogP contribution < -0.4 is 5.73 Å². The number of hydrogen-bond donors (Lipinski definition) is 1. The summed E-state index contributed by atoms with van der Waals surface area (Å²) >= 11 is 0. The molecule has 20 heavy (non-hydrogen) atoms. The molecule has 1 aromatic rings. The summed E-state index contributed by atoms with van der Waals surface area (Å²) < 4.78 is 0. The number of nitrogen functional groups attached to an aromatic ring is 1. The zero-order valence-corrected chi connectivity index (χ0v) is 13.1. The van der Waals surface area contributed by atoms with Crippen molar-refractivity contribution in [3.63, 3.8) is 0 Å². The Bertz CT molecular complexity index is 412. The van der Waals surface area contributed by atoms with Gasteiger partial charge in [-0.1, -0.05) is 64.0 Å². The van der Waals surface area contributed by atoms with Gasteiger partial charge in [0.15, 0.2) is 5.78 Å². The second kappa shape index (κ2) is 9.57. The molecule has 2 N–H and O–H groups in total. The molecule has 0 unspecified atom stereocenters. The molecule has 2 nitrogen and oxygen atoms in total. The van der Waals surface area contributed by atoms with Crippen LogP contribution in [-0.2, 0) is 0 Å². The monoisotopic (exact) mass is 275 g/mol. The highest BCUT2D eigenvalue weighted by Crippen LogP contribution is 2.18. The second-order valence-electron chi connectivity index (χ2n) is 5.67. The minimum absolute atomic E-state index is 0.237. The van der Waals surface area contributed by atoms with Gasteiger partial charge >= 0.3 is 0 Å². The van der Waals surface area contributed by atoms with Gasteiger partial charge in [-0.25, -0.2) is 0 Å². The van der Waals surface area contributed by atoms with E-state index >= 15 is 0 Å². The molecule has 0 fully saturated rings. The van der Waals surface area contributed by atoms with Gasteiger partial charge in [0, 0.05) is 17.7 Å². The Kier molecular flexibility index (Phi) is 8.01. The van der Waals surface area contributed by atoms with Crippen molar-refractivity contribution in [1.29, 1.82) is 0 Å². The smallest absolute Gasteiger partial charge is 0.163 e. The van der Waals surface area contributed by atoms with E-state index in [-0.39, 0.29) is 5.78 Å². The predicted octanol–water partition coefficient (Wildman–Crippen LogP) is 5.29. The van der Waals surface area contributed by atoms with Crippen LogP contribution in [0.15, 0.2) is 18.2 Å². The summed E-state index contributed by atoms with van der Waals surface area (Å²) in [4.78, 5) is 12.1. The van der Waals surface area contributed by atoms with Gasteiger partial charge in [0.05, 0.1) is 0 Å². The maximum Gasteiger partial charge on any atom is 0.163 e. The first-order chi connectivity index (χ1) is 9.66. The van der Waals surface area contributed by atoms with Crippen molar-refractivity contribution >= 4 is 11.5 Å². The van der Waals surface area contributed by atoms with Crippen LogP contribution in [0, 0.1) is 6.92 Å². The lowest BCUT2D eigenvalue weighted by molar-refractivity contribution is 0.0978. The fraction of sp³-hybridized carbons (Fsp3) is 0.611. The quantitative estimate of drug-likeness (QED) is 0.358. The molecule has 0 bridgehead atoms. The Balaban J connectivity index is 2.19. The number of ketones is 1. The lowest BCUT2D eigenvalue weighted by Crippen LogP contribution is -2.04. The van der Waals surface area contributed by atoms with Crippen LogP contribution in [0.4, 0.5) is 5.69 Å². The van der Waals surface area contributed by atoms with Crippen LogP contribution in [0.3, 0.4) is 0 Å². The second-order valence-corrected chi connectivity index (χ2v) is 5.67. The van der Waals surface area contributed by atoms with Crippen LogP contribution >= 0.6 is 0 Å². The van der Waals surface area contributed by atoms with Gasteiger partial charge in [-0.05, 0) is 25.0 Å². The van der Waals surface area contributed by atoms with E-state index < -0.39 is 0 Å². The molecule has 112 valence electrons. The van der Waals surface area contributed by atoms with Crippen molar-refractivity contribution in [2.75, 3.05) is 5.73 Å². The Morgan fingerprint density at radius 3 is 2.25 bits per heavy atom. The summed E-state index contributed by atoms with van der Waals surface area (Å²) in [6.45, 7) is 4.17. The fourth-order valence-corrected chi connectivity index (χ4v) is 2.51. The standard InChI is InChI=1S/C18H29NO/c1-3-4-5-6-7-8-9-10-14-18(20)16-12-11-13-17(19)15(16)2/h11-13H,3-10,14,19H2,1-2H3. The molecule has 0 saturated carbocycles. The van der Waals surface area contributed by atoms with Crippen molar-refractivity contribution in [1.82, 2.24) is 0 Å². The molecule has 0 saturated heterocycles. The molecule has 0 aliphatic heterocycles. The summed E-state index contributed by atoms with van der Waals surface area (Å²) in [6, 6.07) is 5.60. The Hall–Kier alpha value is -1.31. The van der Waals surface area contributed by atoms with Gasteiger partial charge in [0.2, 0.25) is 0 Å². The van der Waals surface area contributed by atoms with Gasteiger partial charge in [0.25, 0.3) is 0 Å². The molecule has 0 heterocycles. The average Bonchev–Trinajstić information content (AvgIpc) is 2.44. The highest BCUT2D eigenvalue weighted by atomic mass is 16.1. The van der Waals surface area contributed by atoms with Crippen LogP contribution in [-0.4, -0.2) is 5.78 Å². The van der Waals surface area contributed by atoms with E-state index in [9.17, 15) is 4.79 Å². The topological polar surface area (TPSA) is 43.1 Å². The lowest BCUT2D eigenvalue weighted by atomic mass is 9.98. The zero-order valence-electron chi connectivity index (χ0n) is 13.1. The number of carbonyl (C=O) groups is 1. The van der Waals surface area contributed by atoms with Crippen LogP contribution in [0.2, 0.25) is 0 Å². The molecule has 0 radical (unpaired) electrons. The van der Waals surface area contributed by atoms with Gasteiger partial charge < -0.3 is 5.73 Å². The Morgan fingerprint density at radius 2 is 1.60 bits per heavy atom. The van der Waals surface area contributed by atoms with E-state index in [0.29, 0.717) is 12.1 Å². The van der Waals surface area contributed by atoms with Crippen LogP contribution in [0.25, 0.3) is 0 Å². The van der Waals surface area contributed by atoms with Gasteiger partial charge in [-0.2, -0.15) is 0 Å². The summed E-state index contributed by atoms with van der Waals surface area (Å²) in [5.41, 5.74) is 8.28.